The number of benzene rings is 2. The molecule has 0 unspecified atom stereocenters. The van der Waals surface area contributed by atoms with Crippen molar-refractivity contribution < 1.29 is 18.3 Å². The van der Waals surface area contributed by atoms with Crippen LogP contribution in [-0.4, -0.2) is 32.6 Å². The minimum absolute atomic E-state index is 0.0110. The molecule has 0 bridgehead atoms. The van der Waals surface area contributed by atoms with Crippen LogP contribution in [0, 0.1) is 0 Å². The lowest BCUT2D eigenvalue weighted by atomic mass is 10.1. The van der Waals surface area contributed by atoms with E-state index >= 15 is 0 Å². The van der Waals surface area contributed by atoms with E-state index < -0.39 is 16.0 Å². The Kier molecular flexibility index (Phi) is 4.87. The molecule has 132 valence electrons. The molecule has 0 saturated carbocycles. The molecule has 2 aromatic rings. The molecule has 2 aromatic carbocycles. The highest BCUT2D eigenvalue weighted by molar-refractivity contribution is 7.92. The minimum atomic E-state index is -3.90. The smallest absolute Gasteiger partial charge is 0.337 e. The summed E-state index contributed by atoms with van der Waals surface area (Å²) >= 11 is 5.77. The van der Waals surface area contributed by atoms with Crippen molar-refractivity contribution in [3.05, 3.63) is 53.1 Å². The van der Waals surface area contributed by atoms with Crippen molar-refractivity contribution in [2.45, 2.75) is 17.7 Å². The van der Waals surface area contributed by atoms with Gasteiger partial charge in [0.2, 0.25) is 0 Å². The van der Waals surface area contributed by atoms with Crippen molar-refractivity contribution in [1.82, 2.24) is 0 Å². The topological polar surface area (TPSA) is 86.7 Å². The molecular weight excluding hydrogens is 364 g/mol. The number of hydrogen-bond donors (Lipinski definition) is 2. The molecule has 3 rings (SSSR count). The van der Waals surface area contributed by atoms with Crippen LogP contribution in [0.25, 0.3) is 0 Å². The Morgan fingerprint density at radius 3 is 2.32 bits per heavy atom. The number of carboxylic acid groups (broad SMARTS) is 1. The van der Waals surface area contributed by atoms with Crippen LogP contribution >= 0.6 is 11.6 Å². The number of nitrogens with zero attached hydrogens (tertiary/aromatic N) is 1. The lowest BCUT2D eigenvalue weighted by molar-refractivity contribution is 0.0698. The second-order valence-corrected chi connectivity index (χ2v) is 7.91. The lowest BCUT2D eigenvalue weighted by Crippen LogP contribution is -2.19. The van der Waals surface area contributed by atoms with Crippen molar-refractivity contribution in [2.75, 3.05) is 22.7 Å². The lowest BCUT2D eigenvalue weighted by Gasteiger charge is -2.19. The number of anilines is 2. The van der Waals surface area contributed by atoms with Gasteiger partial charge in [-0.25, -0.2) is 13.2 Å². The van der Waals surface area contributed by atoms with Crippen LogP contribution in [0.3, 0.4) is 0 Å². The molecule has 2 N–H and O–H groups in total. The molecule has 1 saturated heterocycles. The summed E-state index contributed by atoms with van der Waals surface area (Å²) < 4.78 is 27.3. The Balaban J connectivity index is 1.93. The Bertz CT molecular complexity index is 891. The van der Waals surface area contributed by atoms with Gasteiger partial charge < -0.3 is 10.0 Å². The molecule has 1 fully saturated rings. The van der Waals surface area contributed by atoms with E-state index in [0.29, 0.717) is 5.02 Å². The summed E-state index contributed by atoms with van der Waals surface area (Å²) in [6.07, 6.45) is 2.13. The maximum absolute atomic E-state index is 12.5. The second-order valence-electron chi connectivity index (χ2n) is 5.79. The van der Waals surface area contributed by atoms with E-state index in [-0.39, 0.29) is 16.1 Å². The number of sulfonamides is 1. The first-order valence-corrected chi connectivity index (χ1v) is 9.63. The summed E-state index contributed by atoms with van der Waals surface area (Å²) in [6, 6.07) is 10.4. The van der Waals surface area contributed by atoms with Crippen molar-refractivity contribution in [1.29, 1.82) is 0 Å². The van der Waals surface area contributed by atoms with Gasteiger partial charge >= 0.3 is 5.97 Å². The van der Waals surface area contributed by atoms with Crippen molar-refractivity contribution in [3.63, 3.8) is 0 Å². The summed E-state index contributed by atoms with van der Waals surface area (Å²) in [5.74, 6) is -1.19. The van der Waals surface area contributed by atoms with Crippen LogP contribution < -0.4 is 9.62 Å². The fraction of sp³-hybridized carbons (Fsp3) is 0.235. The first kappa shape index (κ1) is 17.6. The van der Waals surface area contributed by atoms with Crippen LogP contribution in [0.5, 0.6) is 0 Å². The number of halogens is 1. The minimum Gasteiger partial charge on any atom is -0.478 e. The maximum atomic E-state index is 12.5. The third-order valence-corrected chi connectivity index (χ3v) is 5.71. The zero-order chi connectivity index (χ0) is 18.0. The molecule has 25 heavy (non-hydrogen) atoms. The zero-order valence-corrected chi connectivity index (χ0v) is 14.8. The number of aromatic carboxylic acids is 1. The molecule has 1 aliphatic rings. The van der Waals surface area contributed by atoms with Crippen LogP contribution in [-0.2, 0) is 10.0 Å². The average Bonchev–Trinajstić information content (AvgIpc) is 3.09. The molecular formula is C17H17ClN2O4S. The number of carbonyl (C=O) groups is 1. The Hall–Kier alpha value is -2.25. The van der Waals surface area contributed by atoms with Crippen molar-refractivity contribution in [3.8, 4) is 0 Å². The van der Waals surface area contributed by atoms with E-state index in [0.717, 1.165) is 31.6 Å². The van der Waals surface area contributed by atoms with E-state index in [4.69, 9.17) is 11.6 Å². The van der Waals surface area contributed by atoms with Gasteiger partial charge in [-0.2, -0.15) is 0 Å². The van der Waals surface area contributed by atoms with E-state index in [9.17, 15) is 18.3 Å². The summed E-state index contributed by atoms with van der Waals surface area (Å²) in [5.41, 5.74) is 0.733. The predicted octanol–water partition coefficient (Wildman–Crippen LogP) is 3.44. The average molecular weight is 381 g/mol. The molecule has 6 nitrogen and oxygen atoms in total. The molecule has 0 spiro atoms. The zero-order valence-electron chi connectivity index (χ0n) is 13.3. The highest BCUT2D eigenvalue weighted by Gasteiger charge is 2.21. The molecule has 0 atom stereocenters. The highest BCUT2D eigenvalue weighted by Crippen LogP contribution is 2.28. The fourth-order valence-electron chi connectivity index (χ4n) is 2.79. The monoisotopic (exact) mass is 380 g/mol. The van der Waals surface area contributed by atoms with Gasteiger partial charge in [0.1, 0.15) is 0 Å². The first-order chi connectivity index (χ1) is 11.9. The van der Waals surface area contributed by atoms with Crippen LogP contribution in [0.4, 0.5) is 11.4 Å². The van der Waals surface area contributed by atoms with Gasteiger partial charge in [0.15, 0.2) is 0 Å². The molecule has 0 amide bonds. The molecule has 0 aliphatic carbocycles. The highest BCUT2D eigenvalue weighted by atomic mass is 35.5. The first-order valence-electron chi connectivity index (χ1n) is 7.77. The fourth-order valence-corrected chi connectivity index (χ4v) is 3.99. The Morgan fingerprint density at radius 2 is 1.72 bits per heavy atom. The largest absolute Gasteiger partial charge is 0.478 e. The number of rotatable bonds is 5. The third kappa shape index (κ3) is 3.88. The van der Waals surface area contributed by atoms with Crippen LogP contribution in [0.2, 0.25) is 5.02 Å². The van der Waals surface area contributed by atoms with Gasteiger partial charge in [-0.15, -0.1) is 0 Å². The van der Waals surface area contributed by atoms with Gasteiger partial charge in [0.25, 0.3) is 10.0 Å². The Labute approximate surface area is 151 Å². The number of hydrogen-bond acceptors (Lipinski definition) is 4. The summed E-state index contributed by atoms with van der Waals surface area (Å²) in [7, 11) is -3.90. The van der Waals surface area contributed by atoms with Gasteiger partial charge in [0, 0.05) is 23.8 Å². The molecule has 0 aromatic heterocycles. The molecule has 1 aliphatic heterocycles. The summed E-state index contributed by atoms with van der Waals surface area (Å²) in [4.78, 5) is 13.7. The van der Waals surface area contributed by atoms with Crippen molar-refractivity contribution in [2.24, 2.45) is 0 Å². The summed E-state index contributed by atoms with van der Waals surface area (Å²) in [5, 5.41) is 9.88. The third-order valence-electron chi connectivity index (χ3n) is 4.07. The normalized spacial score (nSPS) is 14.5. The van der Waals surface area contributed by atoms with Crippen molar-refractivity contribution >= 4 is 39.0 Å². The van der Waals surface area contributed by atoms with Gasteiger partial charge in [-0.1, -0.05) is 11.6 Å². The van der Waals surface area contributed by atoms with Gasteiger partial charge in [0.05, 0.1) is 16.1 Å². The van der Waals surface area contributed by atoms with E-state index in [1.807, 2.05) is 0 Å². The van der Waals surface area contributed by atoms with E-state index in [2.05, 4.69) is 9.62 Å². The SMILES string of the molecule is O=C(O)c1cc(N2CCCC2)ccc1NS(=O)(=O)c1ccc(Cl)cc1. The van der Waals surface area contributed by atoms with E-state index in [1.54, 1.807) is 6.07 Å². The van der Waals surface area contributed by atoms with Gasteiger partial charge in [-0.3, -0.25) is 4.72 Å². The molecule has 8 heteroatoms. The van der Waals surface area contributed by atoms with Crippen LogP contribution in [0.1, 0.15) is 23.2 Å². The quantitative estimate of drug-likeness (QED) is 0.829. The molecule has 1 heterocycles. The number of carboxylic acids is 1. The second kappa shape index (κ2) is 6.93. The van der Waals surface area contributed by atoms with Gasteiger partial charge in [-0.05, 0) is 55.3 Å². The number of nitrogens with one attached hydrogen (secondary N) is 1. The van der Waals surface area contributed by atoms with Crippen LogP contribution in [0.15, 0.2) is 47.4 Å². The standard InChI is InChI=1S/C17H17ClN2O4S/c18-12-3-6-14(7-4-12)25(23,24)19-16-8-5-13(11-15(16)17(21)22)20-9-1-2-10-20/h3-8,11,19H,1-2,9-10H2,(H,21,22). The van der Waals surface area contributed by atoms with E-state index in [1.165, 1.54) is 36.4 Å². The Morgan fingerprint density at radius 1 is 1.08 bits per heavy atom. The molecule has 0 radical (unpaired) electrons. The maximum Gasteiger partial charge on any atom is 0.337 e. The predicted molar refractivity (Wildman–Crippen MR) is 97.1 cm³/mol. The summed E-state index contributed by atoms with van der Waals surface area (Å²) in [6.45, 7) is 1.74.